The number of hydrogen-bond donors (Lipinski definition) is 1. The summed E-state index contributed by atoms with van der Waals surface area (Å²) >= 11 is 0. The molecule has 1 aliphatic carbocycles. The first-order valence-corrected chi connectivity index (χ1v) is 6.63. The van der Waals surface area contributed by atoms with Gasteiger partial charge in [-0.25, -0.2) is 0 Å². The molecule has 2 fully saturated rings. The van der Waals surface area contributed by atoms with E-state index >= 15 is 0 Å². The van der Waals surface area contributed by atoms with Crippen molar-refractivity contribution in [1.29, 1.82) is 0 Å². The van der Waals surface area contributed by atoms with Crippen LogP contribution in [0.15, 0.2) is 0 Å². The fourth-order valence-electron chi connectivity index (χ4n) is 3.27. The number of carboxylic acids is 1. The summed E-state index contributed by atoms with van der Waals surface area (Å²) in [5.74, 6) is 0.100. The molecule has 0 aromatic heterocycles. The van der Waals surface area contributed by atoms with Gasteiger partial charge in [0.15, 0.2) is 0 Å². The Bertz CT molecular complexity index is 254. The van der Waals surface area contributed by atoms with Crippen molar-refractivity contribution in [3.8, 4) is 0 Å². The molecule has 0 spiro atoms. The first-order chi connectivity index (χ1) is 7.66. The average molecular weight is 225 g/mol. The lowest BCUT2D eigenvalue weighted by Crippen LogP contribution is -2.46. The Balaban J connectivity index is 1.90. The zero-order valence-electron chi connectivity index (χ0n) is 10.2. The molecule has 0 radical (unpaired) electrons. The first-order valence-electron chi connectivity index (χ1n) is 6.63. The van der Waals surface area contributed by atoms with Crippen molar-refractivity contribution in [1.82, 2.24) is 4.90 Å². The van der Waals surface area contributed by atoms with Gasteiger partial charge in [-0.15, -0.1) is 0 Å². The van der Waals surface area contributed by atoms with Gasteiger partial charge in [0.25, 0.3) is 0 Å². The van der Waals surface area contributed by atoms with E-state index in [1.807, 2.05) is 0 Å². The third-order valence-electron chi connectivity index (χ3n) is 4.23. The number of aliphatic carboxylic acids is 1. The van der Waals surface area contributed by atoms with Crippen LogP contribution >= 0.6 is 0 Å². The Kier molecular flexibility index (Phi) is 3.85. The lowest BCUT2D eigenvalue weighted by molar-refractivity contribution is -0.144. The van der Waals surface area contributed by atoms with Crippen LogP contribution in [0.5, 0.6) is 0 Å². The van der Waals surface area contributed by atoms with Crippen molar-refractivity contribution in [3.63, 3.8) is 0 Å². The molecule has 0 aromatic carbocycles. The van der Waals surface area contributed by atoms with Crippen molar-refractivity contribution in [3.05, 3.63) is 0 Å². The Morgan fingerprint density at radius 2 is 2.06 bits per heavy atom. The van der Waals surface area contributed by atoms with Gasteiger partial charge in [0.1, 0.15) is 0 Å². The lowest BCUT2D eigenvalue weighted by Gasteiger charge is -2.40. The molecule has 2 rings (SSSR count). The second kappa shape index (κ2) is 5.17. The number of rotatable bonds is 2. The second-order valence-corrected chi connectivity index (χ2v) is 5.60. The molecule has 1 saturated heterocycles. The van der Waals surface area contributed by atoms with E-state index in [0.29, 0.717) is 6.04 Å². The molecule has 3 nitrogen and oxygen atoms in total. The summed E-state index contributed by atoms with van der Waals surface area (Å²) in [6, 6.07) is 0.658. The van der Waals surface area contributed by atoms with Crippen LogP contribution in [-0.4, -0.2) is 35.1 Å². The Morgan fingerprint density at radius 3 is 2.75 bits per heavy atom. The fourth-order valence-corrected chi connectivity index (χ4v) is 3.27. The molecule has 3 unspecified atom stereocenters. The van der Waals surface area contributed by atoms with Gasteiger partial charge in [0, 0.05) is 12.6 Å². The summed E-state index contributed by atoms with van der Waals surface area (Å²) < 4.78 is 0. The summed E-state index contributed by atoms with van der Waals surface area (Å²) in [6.45, 7) is 4.22. The summed E-state index contributed by atoms with van der Waals surface area (Å²) in [4.78, 5) is 13.5. The van der Waals surface area contributed by atoms with Crippen LogP contribution in [0, 0.1) is 11.8 Å². The molecule has 3 heteroatoms. The van der Waals surface area contributed by atoms with Crippen LogP contribution in [0.3, 0.4) is 0 Å². The average Bonchev–Trinajstić information content (AvgIpc) is 2.29. The van der Waals surface area contributed by atoms with E-state index in [4.69, 9.17) is 5.11 Å². The third-order valence-corrected chi connectivity index (χ3v) is 4.23. The van der Waals surface area contributed by atoms with E-state index in [9.17, 15) is 4.79 Å². The van der Waals surface area contributed by atoms with Crippen molar-refractivity contribution in [2.75, 3.05) is 13.1 Å². The zero-order valence-corrected chi connectivity index (χ0v) is 10.2. The molecule has 1 N–H and O–H groups in total. The SMILES string of the molecule is CC1CCCC(N2CCCC(C(=O)O)C2)C1. The molecule has 1 heterocycles. The van der Waals surface area contributed by atoms with E-state index in [2.05, 4.69) is 11.8 Å². The lowest BCUT2D eigenvalue weighted by atomic mass is 9.84. The van der Waals surface area contributed by atoms with Crippen LogP contribution in [-0.2, 0) is 4.79 Å². The highest BCUT2D eigenvalue weighted by Gasteiger charge is 2.31. The standard InChI is InChI=1S/C13H23NO2/c1-10-4-2-6-12(8-10)14-7-3-5-11(9-14)13(15)16/h10-12H,2-9H2,1H3,(H,15,16). The molecule has 92 valence electrons. The highest BCUT2D eigenvalue weighted by molar-refractivity contribution is 5.70. The molecule has 3 atom stereocenters. The summed E-state index contributed by atoms with van der Waals surface area (Å²) in [5.41, 5.74) is 0. The van der Waals surface area contributed by atoms with Crippen molar-refractivity contribution >= 4 is 5.97 Å². The van der Waals surface area contributed by atoms with Crippen molar-refractivity contribution in [2.24, 2.45) is 11.8 Å². The van der Waals surface area contributed by atoms with E-state index in [0.717, 1.165) is 31.8 Å². The van der Waals surface area contributed by atoms with Gasteiger partial charge < -0.3 is 5.11 Å². The molecular weight excluding hydrogens is 202 g/mol. The van der Waals surface area contributed by atoms with Gasteiger partial charge in [-0.3, -0.25) is 9.69 Å². The predicted octanol–water partition coefficient (Wildman–Crippen LogP) is 2.36. The van der Waals surface area contributed by atoms with Crippen molar-refractivity contribution < 1.29 is 9.90 Å². The first kappa shape index (κ1) is 11.9. The number of likely N-dealkylation sites (tertiary alicyclic amines) is 1. The summed E-state index contributed by atoms with van der Waals surface area (Å²) in [6.07, 6.45) is 7.14. The molecule has 1 aliphatic heterocycles. The van der Waals surface area contributed by atoms with Gasteiger partial charge in [-0.05, 0) is 38.1 Å². The van der Waals surface area contributed by atoms with E-state index < -0.39 is 5.97 Å². The maximum atomic E-state index is 11.0. The van der Waals surface area contributed by atoms with Crippen molar-refractivity contribution in [2.45, 2.75) is 51.5 Å². The number of hydrogen-bond acceptors (Lipinski definition) is 2. The maximum absolute atomic E-state index is 11.0. The largest absolute Gasteiger partial charge is 0.481 e. The van der Waals surface area contributed by atoms with Gasteiger partial charge in [0.05, 0.1) is 5.92 Å². The molecular formula is C13H23NO2. The second-order valence-electron chi connectivity index (χ2n) is 5.60. The minimum Gasteiger partial charge on any atom is -0.481 e. The number of carboxylic acid groups (broad SMARTS) is 1. The van der Waals surface area contributed by atoms with Gasteiger partial charge in [-0.1, -0.05) is 19.8 Å². The normalized spacial score (nSPS) is 37.2. The van der Waals surface area contributed by atoms with Gasteiger partial charge >= 0.3 is 5.97 Å². The Labute approximate surface area is 97.8 Å². The van der Waals surface area contributed by atoms with E-state index in [1.165, 1.54) is 25.7 Å². The number of piperidine rings is 1. The van der Waals surface area contributed by atoms with Gasteiger partial charge in [-0.2, -0.15) is 0 Å². The van der Waals surface area contributed by atoms with E-state index in [1.54, 1.807) is 0 Å². The molecule has 2 aliphatic rings. The number of nitrogens with zero attached hydrogens (tertiary/aromatic N) is 1. The highest BCUT2D eigenvalue weighted by Crippen LogP contribution is 2.30. The molecule has 0 amide bonds. The zero-order chi connectivity index (χ0) is 11.5. The highest BCUT2D eigenvalue weighted by atomic mass is 16.4. The summed E-state index contributed by atoms with van der Waals surface area (Å²) in [5, 5.41) is 9.08. The maximum Gasteiger partial charge on any atom is 0.307 e. The predicted molar refractivity (Wildman–Crippen MR) is 63.4 cm³/mol. The molecule has 0 aromatic rings. The summed E-state index contributed by atoms with van der Waals surface area (Å²) in [7, 11) is 0. The molecule has 0 bridgehead atoms. The fraction of sp³-hybridized carbons (Fsp3) is 0.923. The molecule has 16 heavy (non-hydrogen) atoms. The van der Waals surface area contributed by atoms with Crippen LogP contribution in [0.2, 0.25) is 0 Å². The third kappa shape index (κ3) is 2.76. The number of carbonyl (C=O) groups is 1. The Morgan fingerprint density at radius 1 is 1.25 bits per heavy atom. The van der Waals surface area contributed by atoms with Crippen LogP contribution in [0.4, 0.5) is 0 Å². The van der Waals surface area contributed by atoms with E-state index in [-0.39, 0.29) is 5.92 Å². The van der Waals surface area contributed by atoms with Gasteiger partial charge in [0.2, 0.25) is 0 Å². The van der Waals surface area contributed by atoms with Crippen LogP contribution in [0.1, 0.15) is 45.4 Å². The topological polar surface area (TPSA) is 40.5 Å². The Hall–Kier alpha value is -0.570. The minimum atomic E-state index is -0.603. The van der Waals surface area contributed by atoms with Crippen LogP contribution in [0.25, 0.3) is 0 Å². The molecule has 1 saturated carbocycles. The minimum absolute atomic E-state index is 0.119. The van der Waals surface area contributed by atoms with Crippen LogP contribution < -0.4 is 0 Å². The smallest absolute Gasteiger partial charge is 0.307 e. The monoisotopic (exact) mass is 225 g/mol. The quantitative estimate of drug-likeness (QED) is 0.784.